The van der Waals surface area contributed by atoms with Gasteiger partial charge in [-0.15, -0.1) is 0 Å². The van der Waals surface area contributed by atoms with Crippen molar-refractivity contribution in [2.24, 2.45) is 17.8 Å². The summed E-state index contributed by atoms with van der Waals surface area (Å²) in [6.07, 6.45) is 5.01. The first kappa shape index (κ1) is 21.1. The van der Waals surface area contributed by atoms with Crippen molar-refractivity contribution in [3.8, 4) is 0 Å². The van der Waals surface area contributed by atoms with Crippen LogP contribution in [-0.4, -0.2) is 20.8 Å². The average Bonchev–Trinajstić information content (AvgIpc) is 2.51. The molecule has 0 saturated heterocycles. The van der Waals surface area contributed by atoms with Crippen LogP contribution < -0.4 is 0 Å². The van der Waals surface area contributed by atoms with E-state index < -0.39 is 10.1 Å². The third-order valence-electron chi connectivity index (χ3n) is 5.32. The van der Waals surface area contributed by atoms with Crippen molar-refractivity contribution in [3.63, 3.8) is 0 Å². The van der Waals surface area contributed by atoms with Gasteiger partial charge in [0.15, 0.2) is 5.78 Å². The molecule has 1 aromatic carbocycles. The number of benzene rings is 1. The Bertz CT molecular complexity index is 718. The highest BCUT2D eigenvalue weighted by Gasteiger charge is 2.29. The van der Waals surface area contributed by atoms with Crippen molar-refractivity contribution in [3.05, 3.63) is 28.8 Å². The number of carbonyl (C=O) groups is 1. The zero-order chi connectivity index (χ0) is 19.5. The van der Waals surface area contributed by atoms with Crippen LogP contribution in [0.15, 0.2) is 17.0 Å². The van der Waals surface area contributed by atoms with Crippen LogP contribution in [0.3, 0.4) is 0 Å². The largest absolute Gasteiger partial charge is 0.297 e. The summed E-state index contributed by atoms with van der Waals surface area (Å²) < 4.78 is 30.3. The summed E-state index contributed by atoms with van der Waals surface area (Å²) in [5.41, 5.74) is 2.32. The van der Waals surface area contributed by atoms with Crippen molar-refractivity contribution in [1.82, 2.24) is 0 Å². The smallest absolute Gasteiger partial charge is 0.297 e. The van der Waals surface area contributed by atoms with Gasteiger partial charge in [0, 0.05) is 5.92 Å². The molecule has 0 amide bonds. The molecule has 146 valence electrons. The van der Waals surface area contributed by atoms with Gasteiger partial charge in [-0.3, -0.25) is 8.98 Å². The van der Waals surface area contributed by atoms with Gasteiger partial charge >= 0.3 is 0 Å². The van der Waals surface area contributed by atoms with Gasteiger partial charge in [-0.2, -0.15) is 8.42 Å². The van der Waals surface area contributed by atoms with Crippen LogP contribution in [0.25, 0.3) is 0 Å². The third-order valence-corrected chi connectivity index (χ3v) is 6.89. The number of hydrogen-bond donors (Lipinski definition) is 0. The van der Waals surface area contributed by atoms with Gasteiger partial charge in [0.25, 0.3) is 10.1 Å². The highest BCUT2D eigenvalue weighted by atomic mass is 32.2. The van der Waals surface area contributed by atoms with E-state index in [4.69, 9.17) is 4.18 Å². The second kappa shape index (κ2) is 8.66. The van der Waals surface area contributed by atoms with Crippen LogP contribution in [0.4, 0.5) is 0 Å². The summed E-state index contributed by atoms with van der Waals surface area (Å²) in [6, 6.07) is 3.64. The molecule has 0 atom stereocenters. The second-order valence-electron chi connectivity index (χ2n) is 8.26. The number of hydrogen-bond acceptors (Lipinski definition) is 4. The van der Waals surface area contributed by atoms with Crippen molar-refractivity contribution >= 4 is 15.9 Å². The molecule has 0 aromatic heterocycles. The highest BCUT2D eigenvalue weighted by Crippen LogP contribution is 2.33. The zero-order valence-corrected chi connectivity index (χ0v) is 17.5. The molecule has 1 aliphatic carbocycles. The SMILES string of the molecule is Cc1cc(C)c(S(=O)(=O)OCC(=O)C2CCC(CC(C)C)CC2)c(C)c1. The van der Waals surface area contributed by atoms with Gasteiger partial charge < -0.3 is 0 Å². The summed E-state index contributed by atoms with van der Waals surface area (Å²) in [5, 5.41) is 0. The summed E-state index contributed by atoms with van der Waals surface area (Å²) >= 11 is 0. The number of Topliss-reactive ketones (excluding diaryl/α,β-unsaturated/α-hetero) is 1. The molecule has 2 rings (SSSR count). The summed E-state index contributed by atoms with van der Waals surface area (Å²) in [4.78, 5) is 12.6. The summed E-state index contributed by atoms with van der Waals surface area (Å²) in [5.74, 6) is 1.23. The molecule has 0 spiro atoms. The van der Waals surface area contributed by atoms with Crippen molar-refractivity contribution < 1.29 is 17.4 Å². The van der Waals surface area contributed by atoms with E-state index in [1.54, 1.807) is 13.8 Å². The minimum Gasteiger partial charge on any atom is -0.297 e. The van der Waals surface area contributed by atoms with Crippen molar-refractivity contribution in [2.45, 2.75) is 71.6 Å². The zero-order valence-electron chi connectivity index (χ0n) is 16.7. The third kappa shape index (κ3) is 5.40. The van der Waals surface area contributed by atoms with Crippen LogP contribution in [-0.2, 0) is 19.1 Å². The lowest BCUT2D eigenvalue weighted by Gasteiger charge is -2.28. The predicted molar refractivity (Wildman–Crippen MR) is 104 cm³/mol. The van der Waals surface area contributed by atoms with Crippen LogP contribution in [0.2, 0.25) is 0 Å². The summed E-state index contributed by atoms with van der Waals surface area (Å²) in [7, 11) is -3.92. The number of ketones is 1. The maximum atomic E-state index is 12.6. The van der Waals surface area contributed by atoms with E-state index in [0.717, 1.165) is 31.2 Å². The fourth-order valence-electron chi connectivity index (χ4n) is 4.26. The average molecular weight is 381 g/mol. The first-order valence-corrected chi connectivity index (χ1v) is 11.0. The van der Waals surface area contributed by atoms with Gasteiger partial charge in [-0.1, -0.05) is 31.5 Å². The van der Waals surface area contributed by atoms with Crippen LogP contribution >= 0.6 is 0 Å². The van der Waals surface area contributed by atoms with Crippen LogP contribution in [0.1, 0.15) is 62.6 Å². The Hall–Kier alpha value is -1.20. The van der Waals surface area contributed by atoms with E-state index in [1.807, 2.05) is 19.1 Å². The molecular weight excluding hydrogens is 348 g/mol. The second-order valence-corrected chi connectivity index (χ2v) is 9.81. The molecule has 1 fully saturated rings. The van der Waals surface area contributed by atoms with Crippen LogP contribution in [0.5, 0.6) is 0 Å². The molecule has 1 saturated carbocycles. The molecule has 0 aliphatic heterocycles. The van der Waals surface area contributed by atoms with Crippen molar-refractivity contribution in [1.29, 1.82) is 0 Å². The van der Waals surface area contributed by atoms with Gasteiger partial charge in [0.2, 0.25) is 0 Å². The Balaban J connectivity index is 1.95. The molecule has 0 bridgehead atoms. The minimum absolute atomic E-state index is 0.0613. The fourth-order valence-corrected chi connectivity index (χ4v) is 5.56. The topological polar surface area (TPSA) is 60.4 Å². The van der Waals surface area contributed by atoms with Crippen LogP contribution in [0, 0.1) is 38.5 Å². The molecule has 5 heteroatoms. The normalized spacial score (nSPS) is 21.2. The maximum Gasteiger partial charge on any atom is 0.297 e. The van der Waals surface area contributed by atoms with E-state index >= 15 is 0 Å². The van der Waals surface area contributed by atoms with Gasteiger partial charge in [-0.05, 0) is 75.8 Å². The Morgan fingerprint density at radius 2 is 1.62 bits per heavy atom. The standard InChI is InChI=1S/C21H32O4S/c1-14(2)10-18-6-8-19(9-7-18)20(22)13-25-26(23,24)21-16(4)11-15(3)12-17(21)5/h11-12,14,18-19H,6-10,13H2,1-5H3. The maximum absolute atomic E-state index is 12.6. The lowest BCUT2D eigenvalue weighted by molar-refractivity contribution is -0.126. The molecular formula is C21H32O4S. The lowest BCUT2D eigenvalue weighted by Crippen LogP contribution is -2.27. The molecule has 0 N–H and O–H groups in total. The van der Waals surface area contributed by atoms with E-state index in [1.165, 1.54) is 6.42 Å². The van der Waals surface area contributed by atoms with Gasteiger partial charge in [0.1, 0.15) is 6.61 Å². The highest BCUT2D eigenvalue weighted by molar-refractivity contribution is 7.86. The van der Waals surface area contributed by atoms with Crippen molar-refractivity contribution in [2.75, 3.05) is 6.61 Å². The Labute approximate surface area is 158 Å². The molecule has 0 unspecified atom stereocenters. The predicted octanol–water partition coefficient (Wildman–Crippen LogP) is 4.74. The van der Waals surface area contributed by atoms with Gasteiger partial charge in [-0.25, -0.2) is 0 Å². The number of carbonyl (C=O) groups excluding carboxylic acids is 1. The summed E-state index contributed by atoms with van der Waals surface area (Å²) in [6.45, 7) is 9.54. The van der Waals surface area contributed by atoms with Gasteiger partial charge in [0.05, 0.1) is 4.90 Å². The van der Waals surface area contributed by atoms with E-state index in [9.17, 15) is 13.2 Å². The first-order valence-electron chi connectivity index (χ1n) is 9.60. The van der Waals surface area contributed by atoms with E-state index in [2.05, 4.69) is 13.8 Å². The monoisotopic (exact) mass is 380 g/mol. The van der Waals surface area contributed by atoms with E-state index in [-0.39, 0.29) is 23.2 Å². The first-order chi connectivity index (χ1) is 12.1. The quantitative estimate of drug-likeness (QED) is 0.641. The molecule has 1 aliphatic rings. The minimum atomic E-state index is -3.92. The Morgan fingerprint density at radius 3 is 2.12 bits per heavy atom. The number of rotatable bonds is 7. The lowest BCUT2D eigenvalue weighted by atomic mass is 9.77. The Morgan fingerprint density at radius 1 is 1.08 bits per heavy atom. The molecule has 26 heavy (non-hydrogen) atoms. The number of aryl methyl sites for hydroxylation is 3. The van der Waals surface area contributed by atoms with E-state index in [0.29, 0.717) is 23.0 Å². The fraction of sp³-hybridized carbons (Fsp3) is 0.667. The molecule has 0 heterocycles. The Kier molecular flexibility index (Phi) is 7.03. The molecule has 4 nitrogen and oxygen atoms in total. The molecule has 0 radical (unpaired) electrons. The molecule has 1 aromatic rings.